The van der Waals surface area contributed by atoms with Crippen LogP contribution in [0.1, 0.15) is 44.1 Å². The Balaban J connectivity index is 1.64. The molecule has 4 nitrogen and oxygen atoms in total. The van der Waals surface area contributed by atoms with E-state index in [2.05, 4.69) is 48.1 Å². The molecule has 0 spiro atoms. The summed E-state index contributed by atoms with van der Waals surface area (Å²) in [5.41, 5.74) is 2.19. The summed E-state index contributed by atoms with van der Waals surface area (Å²) in [6.45, 7) is 5.15. The summed E-state index contributed by atoms with van der Waals surface area (Å²) >= 11 is 0. The third-order valence-corrected chi connectivity index (χ3v) is 4.73. The Morgan fingerprint density at radius 1 is 1.18 bits per heavy atom. The summed E-state index contributed by atoms with van der Waals surface area (Å²) in [5, 5.41) is 8.41. The number of rotatable bonds is 4. The zero-order valence-electron chi connectivity index (χ0n) is 13.7. The molecule has 1 fully saturated rings. The minimum absolute atomic E-state index is 0.615. The van der Waals surface area contributed by atoms with E-state index in [0.717, 1.165) is 18.0 Å². The third kappa shape index (κ3) is 3.55. The van der Waals surface area contributed by atoms with E-state index in [1.54, 1.807) is 0 Å². The van der Waals surface area contributed by atoms with Crippen LogP contribution in [0, 0.1) is 12.8 Å². The monoisotopic (exact) mass is 299 g/mol. The van der Waals surface area contributed by atoms with Crippen LogP contribution >= 0.6 is 0 Å². The normalized spacial score (nSPS) is 22.2. The van der Waals surface area contributed by atoms with E-state index in [4.69, 9.17) is 4.42 Å². The van der Waals surface area contributed by atoms with Crippen molar-refractivity contribution >= 4 is 0 Å². The lowest BCUT2D eigenvalue weighted by molar-refractivity contribution is 0.152. The van der Waals surface area contributed by atoms with Crippen LogP contribution in [0.25, 0.3) is 11.5 Å². The van der Waals surface area contributed by atoms with Crippen molar-refractivity contribution < 1.29 is 4.42 Å². The molecule has 1 saturated carbocycles. The molecule has 0 radical (unpaired) electrons. The number of hydrogen-bond acceptors (Lipinski definition) is 4. The van der Waals surface area contributed by atoms with Crippen molar-refractivity contribution in [3.05, 3.63) is 35.7 Å². The smallest absolute Gasteiger partial charge is 0.247 e. The summed E-state index contributed by atoms with van der Waals surface area (Å²) in [5.74, 6) is 2.20. The van der Waals surface area contributed by atoms with E-state index in [1.165, 1.54) is 31.2 Å². The Labute approximate surface area is 132 Å². The van der Waals surface area contributed by atoms with E-state index < -0.39 is 0 Å². The van der Waals surface area contributed by atoms with Gasteiger partial charge in [0.2, 0.25) is 11.8 Å². The number of aromatic nitrogens is 2. The molecule has 2 aromatic rings. The van der Waals surface area contributed by atoms with Crippen molar-refractivity contribution in [2.75, 3.05) is 7.05 Å². The third-order valence-electron chi connectivity index (χ3n) is 4.73. The van der Waals surface area contributed by atoms with E-state index in [-0.39, 0.29) is 0 Å². The molecule has 0 unspecified atom stereocenters. The summed E-state index contributed by atoms with van der Waals surface area (Å²) in [6, 6.07) is 8.81. The molecule has 1 aromatic heterocycles. The minimum atomic E-state index is 0.615. The number of aryl methyl sites for hydroxylation is 1. The lowest BCUT2D eigenvalue weighted by Crippen LogP contribution is -2.34. The van der Waals surface area contributed by atoms with Crippen LogP contribution in [0.2, 0.25) is 0 Å². The lowest BCUT2D eigenvalue weighted by atomic mass is 9.87. The zero-order valence-corrected chi connectivity index (χ0v) is 13.7. The molecule has 1 aliphatic rings. The van der Waals surface area contributed by atoms with Gasteiger partial charge >= 0.3 is 0 Å². The van der Waals surface area contributed by atoms with Crippen LogP contribution < -0.4 is 0 Å². The average Bonchev–Trinajstić information content (AvgIpc) is 2.96. The van der Waals surface area contributed by atoms with Gasteiger partial charge in [0, 0.05) is 11.6 Å². The second kappa shape index (κ2) is 6.61. The van der Waals surface area contributed by atoms with Crippen LogP contribution in [0.5, 0.6) is 0 Å². The van der Waals surface area contributed by atoms with E-state index in [0.29, 0.717) is 17.8 Å². The SMILES string of the molecule is Cc1cccc(-c2nnc(CN(C)C3CCC(C)CC3)o2)c1. The summed E-state index contributed by atoms with van der Waals surface area (Å²) in [4.78, 5) is 2.36. The van der Waals surface area contributed by atoms with Crippen LogP contribution in [0.3, 0.4) is 0 Å². The highest BCUT2D eigenvalue weighted by Crippen LogP contribution is 2.27. The Morgan fingerprint density at radius 3 is 2.68 bits per heavy atom. The molecule has 3 rings (SSSR count). The standard InChI is InChI=1S/C18H25N3O/c1-13-7-9-16(10-8-13)21(3)12-17-19-20-18(22-17)15-6-4-5-14(2)11-15/h4-6,11,13,16H,7-10,12H2,1-3H3. The van der Waals surface area contributed by atoms with E-state index in [9.17, 15) is 0 Å². The second-order valence-corrected chi connectivity index (χ2v) is 6.70. The maximum atomic E-state index is 5.84. The molecular formula is C18H25N3O. The van der Waals surface area contributed by atoms with Crippen LogP contribution in [-0.2, 0) is 6.54 Å². The number of hydrogen-bond donors (Lipinski definition) is 0. The van der Waals surface area contributed by atoms with Gasteiger partial charge in [0.15, 0.2) is 0 Å². The quantitative estimate of drug-likeness (QED) is 0.854. The Bertz CT molecular complexity index is 614. The second-order valence-electron chi connectivity index (χ2n) is 6.70. The molecule has 118 valence electrons. The Kier molecular flexibility index (Phi) is 4.57. The van der Waals surface area contributed by atoms with Crippen molar-refractivity contribution in [3.63, 3.8) is 0 Å². The highest BCUT2D eigenvalue weighted by Gasteiger charge is 2.23. The topological polar surface area (TPSA) is 42.2 Å². The molecule has 0 N–H and O–H groups in total. The molecule has 4 heteroatoms. The van der Waals surface area contributed by atoms with Gasteiger partial charge in [-0.2, -0.15) is 0 Å². The van der Waals surface area contributed by atoms with E-state index in [1.807, 2.05) is 12.1 Å². The Hall–Kier alpha value is -1.68. The van der Waals surface area contributed by atoms with E-state index >= 15 is 0 Å². The fraction of sp³-hybridized carbons (Fsp3) is 0.556. The number of benzene rings is 1. The van der Waals surface area contributed by atoms with Gasteiger partial charge in [-0.25, -0.2) is 0 Å². The number of nitrogens with zero attached hydrogens (tertiary/aromatic N) is 3. The van der Waals surface area contributed by atoms with Gasteiger partial charge in [0.25, 0.3) is 0 Å². The van der Waals surface area contributed by atoms with Crippen molar-refractivity contribution in [1.82, 2.24) is 15.1 Å². The van der Waals surface area contributed by atoms with Crippen LogP contribution in [-0.4, -0.2) is 28.2 Å². The first-order valence-electron chi connectivity index (χ1n) is 8.21. The average molecular weight is 299 g/mol. The summed E-state index contributed by atoms with van der Waals surface area (Å²) < 4.78 is 5.84. The minimum Gasteiger partial charge on any atom is -0.419 e. The zero-order chi connectivity index (χ0) is 15.5. The maximum absolute atomic E-state index is 5.84. The highest BCUT2D eigenvalue weighted by atomic mass is 16.4. The van der Waals surface area contributed by atoms with Crippen molar-refractivity contribution in [2.45, 2.75) is 52.1 Å². The van der Waals surface area contributed by atoms with Crippen molar-refractivity contribution in [1.29, 1.82) is 0 Å². The van der Waals surface area contributed by atoms with Gasteiger partial charge in [-0.05, 0) is 57.7 Å². The molecule has 0 atom stereocenters. The van der Waals surface area contributed by atoms with Gasteiger partial charge in [0.05, 0.1) is 6.54 Å². The largest absolute Gasteiger partial charge is 0.419 e. The van der Waals surface area contributed by atoms with Gasteiger partial charge < -0.3 is 4.42 Å². The van der Waals surface area contributed by atoms with Gasteiger partial charge in [-0.1, -0.05) is 24.6 Å². The molecule has 22 heavy (non-hydrogen) atoms. The predicted molar refractivity (Wildman–Crippen MR) is 87.4 cm³/mol. The van der Waals surface area contributed by atoms with Crippen LogP contribution in [0.15, 0.2) is 28.7 Å². The first-order valence-corrected chi connectivity index (χ1v) is 8.21. The highest BCUT2D eigenvalue weighted by molar-refractivity contribution is 5.53. The molecule has 1 aliphatic carbocycles. The maximum Gasteiger partial charge on any atom is 0.247 e. The van der Waals surface area contributed by atoms with Crippen LogP contribution in [0.4, 0.5) is 0 Å². The van der Waals surface area contributed by atoms with Crippen molar-refractivity contribution in [3.8, 4) is 11.5 Å². The van der Waals surface area contributed by atoms with Gasteiger partial charge in [-0.3, -0.25) is 4.90 Å². The molecule has 1 aromatic carbocycles. The van der Waals surface area contributed by atoms with Gasteiger partial charge in [0.1, 0.15) is 0 Å². The molecular weight excluding hydrogens is 274 g/mol. The summed E-state index contributed by atoms with van der Waals surface area (Å²) in [6.07, 6.45) is 5.20. The summed E-state index contributed by atoms with van der Waals surface area (Å²) in [7, 11) is 2.16. The molecule has 0 saturated heterocycles. The first-order chi connectivity index (χ1) is 10.6. The van der Waals surface area contributed by atoms with Gasteiger partial charge in [-0.15, -0.1) is 10.2 Å². The predicted octanol–water partition coefficient (Wildman–Crippen LogP) is 4.06. The molecule has 0 aliphatic heterocycles. The Morgan fingerprint density at radius 2 is 1.95 bits per heavy atom. The lowest BCUT2D eigenvalue weighted by Gasteiger charge is -2.32. The first kappa shape index (κ1) is 15.2. The molecule has 1 heterocycles. The molecule has 0 amide bonds. The fourth-order valence-corrected chi connectivity index (χ4v) is 3.24. The molecule has 0 bridgehead atoms. The fourth-order valence-electron chi connectivity index (χ4n) is 3.24. The van der Waals surface area contributed by atoms with Crippen molar-refractivity contribution in [2.24, 2.45) is 5.92 Å².